The van der Waals surface area contributed by atoms with E-state index in [-0.39, 0.29) is 36.8 Å². The Morgan fingerprint density at radius 3 is 2.72 bits per heavy atom. The molecule has 1 fully saturated rings. The van der Waals surface area contributed by atoms with Crippen LogP contribution in [0.25, 0.3) is 0 Å². The zero-order valence-corrected chi connectivity index (χ0v) is 12.7. The minimum absolute atomic E-state index is 0. The van der Waals surface area contributed by atoms with Gasteiger partial charge < -0.3 is 15.4 Å². The van der Waals surface area contributed by atoms with Gasteiger partial charge in [-0.05, 0) is 26.6 Å². The summed E-state index contributed by atoms with van der Waals surface area (Å²) in [7, 11) is 1.91. The van der Waals surface area contributed by atoms with Gasteiger partial charge in [0.2, 0.25) is 5.91 Å². The van der Waals surface area contributed by atoms with Crippen molar-refractivity contribution in [3.05, 3.63) is 0 Å². The maximum absolute atomic E-state index is 11.7. The van der Waals surface area contributed by atoms with E-state index in [0.717, 1.165) is 26.1 Å². The number of likely N-dealkylation sites (N-methyl/N-ethyl adjacent to an activating group) is 1. The van der Waals surface area contributed by atoms with Crippen molar-refractivity contribution >= 4 is 30.7 Å². The van der Waals surface area contributed by atoms with Gasteiger partial charge in [-0.3, -0.25) is 9.69 Å². The van der Waals surface area contributed by atoms with Gasteiger partial charge in [-0.1, -0.05) is 6.92 Å². The van der Waals surface area contributed by atoms with Crippen LogP contribution < -0.4 is 10.6 Å². The molecule has 18 heavy (non-hydrogen) atoms. The standard InChI is InChI=1S/C11H23N3O2.2ClH/c1-3-14-7-8-16-10(9-14)11(15)13-6-4-5-12-2;;/h10,12H,3-9H2,1-2H3,(H,13,15);2*1H. The summed E-state index contributed by atoms with van der Waals surface area (Å²) in [6, 6.07) is 0. The molecule has 1 atom stereocenters. The van der Waals surface area contributed by atoms with Gasteiger partial charge in [-0.2, -0.15) is 0 Å². The molecule has 110 valence electrons. The van der Waals surface area contributed by atoms with Gasteiger partial charge >= 0.3 is 0 Å². The van der Waals surface area contributed by atoms with Crippen molar-refractivity contribution in [3.8, 4) is 0 Å². The average Bonchev–Trinajstić information content (AvgIpc) is 2.34. The summed E-state index contributed by atoms with van der Waals surface area (Å²) in [6.07, 6.45) is 0.662. The summed E-state index contributed by atoms with van der Waals surface area (Å²) in [6.45, 7) is 7.02. The normalized spacial score (nSPS) is 19.6. The lowest BCUT2D eigenvalue weighted by atomic mass is 10.2. The van der Waals surface area contributed by atoms with E-state index < -0.39 is 0 Å². The molecule has 1 rings (SSSR count). The molecule has 1 aliphatic rings. The van der Waals surface area contributed by atoms with E-state index in [4.69, 9.17) is 4.74 Å². The van der Waals surface area contributed by atoms with Crippen molar-refractivity contribution in [1.82, 2.24) is 15.5 Å². The van der Waals surface area contributed by atoms with E-state index in [9.17, 15) is 4.79 Å². The number of nitrogens with zero attached hydrogens (tertiary/aromatic N) is 1. The number of hydrogen-bond donors (Lipinski definition) is 2. The fraction of sp³-hybridized carbons (Fsp3) is 0.909. The van der Waals surface area contributed by atoms with Gasteiger partial charge in [0.05, 0.1) is 6.61 Å². The highest BCUT2D eigenvalue weighted by Crippen LogP contribution is 2.04. The van der Waals surface area contributed by atoms with E-state index in [1.165, 1.54) is 0 Å². The van der Waals surface area contributed by atoms with Crippen molar-refractivity contribution in [1.29, 1.82) is 0 Å². The van der Waals surface area contributed by atoms with Gasteiger partial charge in [0.25, 0.3) is 0 Å². The van der Waals surface area contributed by atoms with E-state index in [0.29, 0.717) is 19.7 Å². The quantitative estimate of drug-likeness (QED) is 0.692. The van der Waals surface area contributed by atoms with E-state index in [2.05, 4.69) is 22.5 Å². The van der Waals surface area contributed by atoms with Gasteiger partial charge in [-0.15, -0.1) is 24.8 Å². The second-order valence-electron chi connectivity index (χ2n) is 4.00. The predicted octanol–water partition coefficient (Wildman–Crippen LogP) is 0.276. The van der Waals surface area contributed by atoms with Crippen molar-refractivity contribution in [2.24, 2.45) is 0 Å². The Morgan fingerprint density at radius 1 is 1.39 bits per heavy atom. The zero-order chi connectivity index (χ0) is 11.8. The number of hydrogen-bond acceptors (Lipinski definition) is 4. The van der Waals surface area contributed by atoms with Crippen molar-refractivity contribution in [2.45, 2.75) is 19.4 Å². The second kappa shape index (κ2) is 12.0. The number of halogens is 2. The Balaban J connectivity index is 0. The molecule has 1 amide bonds. The van der Waals surface area contributed by atoms with Crippen LogP contribution in [-0.2, 0) is 9.53 Å². The Morgan fingerprint density at radius 2 is 2.11 bits per heavy atom. The van der Waals surface area contributed by atoms with Crippen LogP contribution in [0, 0.1) is 0 Å². The molecule has 0 bridgehead atoms. The van der Waals surface area contributed by atoms with Gasteiger partial charge in [0, 0.05) is 19.6 Å². The lowest BCUT2D eigenvalue weighted by molar-refractivity contribution is -0.138. The summed E-state index contributed by atoms with van der Waals surface area (Å²) in [5.41, 5.74) is 0. The molecule has 0 aliphatic carbocycles. The van der Waals surface area contributed by atoms with Crippen LogP contribution >= 0.6 is 24.8 Å². The van der Waals surface area contributed by atoms with Gasteiger partial charge in [-0.25, -0.2) is 0 Å². The van der Waals surface area contributed by atoms with Crippen LogP contribution in [0.15, 0.2) is 0 Å². The summed E-state index contributed by atoms with van der Waals surface area (Å²) in [5.74, 6) is 0.0225. The Hall–Kier alpha value is -0.0700. The predicted molar refractivity (Wildman–Crippen MR) is 77.9 cm³/mol. The van der Waals surface area contributed by atoms with Gasteiger partial charge in [0.15, 0.2) is 0 Å². The van der Waals surface area contributed by atoms with Crippen LogP contribution in [0.1, 0.15) is 13.3 Å². The number of ether oxygens (including phenoxy) is 1. The first-order chi connectivity index (χ1) is 7.77. The highest BCUT2D eigenvalue weighted by Gasteiger charge is 2.25. The van der Waals surface area contributed by atoms with Crippen LogP contribution in [-0.4, -0.2) is 63.3 Å². The van der Waals surface area contributed by atoms with Crippen molar-refractivity contribution < 1.29 is 9.53 Å². The topological polar surface area (TPSA) is 53.6 Å². The van der Waals surface area contributed by atoms with Crippen molar-refractivity contribution in [3.63, 3.8) is 0 Å². The monoisotopic (exact) mass is 301 g/mol. The van der Waals surface area contributed by atoms with Crippen LogP contribution in [0.5, 0.6) is 0 Å². The molecular weight excluding hydrogens is 277 g/mol. The minimum atomic E-state index is -0.289. The van der Waals surface area contributed by atoms with Crippen molar-refractivity contribution in [2.75, 3.05) is 46.4 Å². The van der Waals surface area contributed by atoms with E-state index in [1.807, 2.05) is 7.05 Å². The first-order valence-corrected chi connectivity index (χ1v) is 6.04. The van der Waals surface area contributed by atoms with Crippen LogP contribution in [0.4, 0.5) is 0 Å². The average molecular weight is 302 g/mol. The number of amides is 1. The second-order valence-corrected chi connectivity index (χ2v) is 4.00. The fourth-order valence-corrected chi connectivity index (χ4v) is 1.74. The summed E-state index contributed by atoms with van der Waals surface area (Å²) in [5, 5.41) is 5.95. The van der Waals surface area contributed by atoms with Crippen LogP contribution in [0.2, 0.25) is 0 Å². The number of morpholine rings is 1. The molecule has 1 saturated heterocycles. The highest BCUT2D eigenvalue weighted by molar-refractivity contribution is 5.85. The molecule has 0 aromatic carbocycles. The largest absolute Gasteiger partial charge is 0.366 e. The summed E-state index contributed by atoms with van der Waals surface area (Å²) in [4.78, 5) is 14.0. The lowest BCUT2D eigenvalue weighted by Crippen LogP contribution is -2.49. The molecular formula is C11H25Cl2N3O2. The molecule has 1 heterocycles. The van der Waals surface area contributed by atoms with E-state index in [1.54, 1.807) is 0 Å². The molecule has 0 saturated carbocycles. The third kappa shape index (κ3) is 7.38. The molecule has 0 radical (unpaired) electrons. The number of nitrogens with one attached hydrogen (secondary N) is 2. The molecule has 1 unspecified atom stereocenters. The first kappa shape index (κ1) is 20.3. The molecule has 5 nitrogen and oxygen atoms in total. The Kier molecular flexibility index (Phi) is 13.5. The van der Waals surface area contributed by atoms with E-state index >= 15 is 0 Å². The number of rotatable bonds is 6. The molecule has 2 N–H and O–H groups in total. The van der Waals surface area contributed by atoms with Crippen LogP contribution in [0.3, 0.4) is 0 Å². The first-order valence-electron chi connectivity index (χ1n) is 6.04. The zero-order valence-electron chi connectivity index (χ0n) is 11.1. The molecule has 0 aromatic rings. The summed E-state index contributed by atoms with van der Waals surface area (Å²) >= 11 is 0. The lowest BCUT2D eigenvalue weighted by Gasteiger charge is -2.31. The number of carbonyl (C=O) groups excluding carboxylic acids is 1. The fourth-order valence-electron chi connectivity index (χ4n) is 1.74. The maximum atomic E-state index is 11.7. The third-order valence-corrected chi connectivity index (χ3v) is 2.79. The maximum Gasteiger partial charge on any atom is 0.250 e. The smallest absolute Gasteiger partial charge is 0.250 e. The summed E-state index contributed by atoms with van der Waals surface area (Å²) < 4.78 is 5.46. The highest BCUT2D eigenvalue weighted by atomic mass is 35.5. The minimum Gasteiger partial charge on any atom is -0.366 e. The Labute approximate surface area is 122 Å². The number of carbonyl (C=O) groups is 1. The SMILES string of the molecule is CCN1CCOC(C(=O)NCCCNC)C1.Cl.Cl. The molecule has 7 heteroatoms. The third-order valence-electron chi connectivity index (χ3n) is 2.79. The molecule has 1 aliphatic heterocycles. The van der Waals surface area contributed by atoms with Gasteiger partial charge in [0.1, 0.15) is 6.10 Å². The molecule has 0 spiro atoms. The molecule has 0 aromatic heterocycles. The Bertz CT molecular complexity index is 220.